The number of amides is 2. The van der Waals surface area contributed by atoms with Crippen LogP contribution in [0.1, 0.15) is 18.1 Å². The molecule has 1 unspecified atom stereocenters. The predicted octanol–water partition coefficient (Wildman–Crippen LogP) is 5.35. The topological polar surface area (TPSA) is 43.9 Å². The molecule has 184 valence electrons. The summed E-state index contributed by atoms with van der Waals surface area (Å²) in [5.74, 6) is -0.770. The van der Waals surface area contributed by atoms with Crippen LogP contribution < -0.4 is 9.80 Å². The summed E-state index contributed by atoms with van der Waals surface area (Å²) in [7, 11) is 0. The molecule has 1 fully saturated rings. The zero-order valence-corrected chi connectivity index (χ0v) is 21.2. The molecular formula is C29H28FN3O2S. The zero-order valence-electron chi connectivity index (χ0n) is 20.4. The number of hydrogen-bond acceptors (Lipinski definition) is 4. The van der Waals surface area contributed by atoms with Crippen molar-refractivity contribution in [2.24, 2.45) is 0 Å². The number of para-hydroxylation sites is 1. The van der Waals surface area contributed by atoms with Gasteiger partial charge in [0.1, 0.15) is 12.4 Å². The molecule has 0 bridgehead atoms. The second kappa shape index (κ2) is 10.2. The highest BCUT2D eigenvalue weighted by molar-refractivity contribution is 8.04. The van der Waals surface area contributed by atoms with Gasteiger partial charge in [-0.3, -0.25) is 14.5 Å². The SMILES string of the molecule is Cc1cccc(N2CCN(C(=O)CN3C(=O)/C(=C/c4ccccc4F)Sc4ccccc43)CC2C)c1. The third-order valence-electron chi connectivity index (χ3n) is 6.63. The molecule has 0 N–H and O–H groups in total. The third-order valence-corrected chi connectivity index (χ3v) is 7.71. The van der Waals surface area contributed by atoms with Crippen LogP contribution in [0, 0.1) is 12.7 Å². The molecule has 0 radical (unpaired) electrons. The van der Waals surface area contributed by atoms with Crippen LogP contribution in [0.2, 0.25) is 0 Å². The van der Waals surface area contributed by atoms with Crippen LogP contribution in [0.4, 0.5) is 15.8 Å². The Kier molecular flexibility index (Phi) is 6.83. The summed E-state index contributed by atoms with van der Waals surface area (Å²) >= 11 is 1.31. The number of rotatable bonds is 4. The van der Waals surface area contributed by atoms with Crippen LogP contribution >= 0.6 is 11.8 Å². The molecule has 5 nitrogen and oxygen atoms in total. The van der Waals surface area contributed by atoms with E-state index < -0.39 is 0 Å². The van der Waals surface area contributed by atoms with Crippen molar-refractivity contribution in [3.63, 3.8) is 0 Å². The van der Waals surface area contributed by atoms with E-state index in [9.17, 15) is 14.0 Å². The molecule has 5 rings (SSSR count). The summed E-state index contributed by atoms with van der Waals surface area (Å²) in [5, 5.41) is 0. The minimum atomic E-state index is -0.389. The molecule has 3 aromatic rings. The molecule has 1 saturated heterocycles. The minimum Gasteiger partial charge on any atom is -0.365 e. The Morgan fingerprint density at radius 3 is 2.61 bits per heavy atom. The number of fused-ring (bicyclic) bond motifs is 1. The van der Waals surface area contributed by atoms with Crippen LogP contribution in [-0.4, -0.2) is 48.9 Å². The highest BCUT2D eigenvalue weighted by atomic mass is 32.2. The molecule has 36 heavy (non-hydrogen) atoms. The lowest BCUT2D eigenvalue weighted by Crippen LogP contribution is -2.56. The quantitative estimate of drug-likeness (QED) is 0.452. The molecule has 0 spiro atoms. The maximum atomic E-state index is 14.3. The number of carbonyl (C=O) groups is 2. The lowest BCUT2D eigenvalue weighted by Gasteiger charge is -2.42. The van der Waals surface area contributed by atoms with Crippen molar-refractivity contribution in [3.05, 3.63) is 94.6 Å². The van der Waals surface area contributed by atoms with Gasteiger partial charge in [-0.05, 0) is 55.8 Å². The van der Waals surface area contributed by atoms with Gasteiger partial charge in [0.05, 0.1) is 10.6 Å². The number of carbonyl (C=O) groups excluding carboxylic acids is 2. The fraction of sp³-hybridized carbons (Fsp3) is 0.241. The number of piperazine rings is 1. The number of thioether (sulfide) groups is 1. The van der Waals surface area contributed by atoms with Gasteiger partial charge in [0.2, 0.25) is 5.91 Å². The molecular weight excluding hydrogens is 473 g/mol. The number of hydrogen-bond donors (Lipinski definition) is 0. The molecule has 0 aliphatic carbocycles. The highest BCUT2D eigenvalue weighted by Gasteiger charge is 2.33. The van der Waals surface area contributed by atoms with Crippen molar-refractivity contribution < 1.29 is 14.0 Å². The average Bonchev–Trinajstić information content (AvgIpc) is 2.87. The molecule has 2 aliphatic heterocycles. The van der Waals surface area contributed by atoms with E-state index in [1.807, 2.05) is 29.2 Å². The molecule has 2 amide bonds. The standard InChI is InChI=1S/C29H28FN3O2S/c1-20-8-7-10-23(16-20)32-15-14-31(18-21(32)2)28(34)19-33-25-12-5-6-13-26(25)36-27(29(33)35)17-22-9-3-4-11-24(22)30/h3-13,16-17,21H,14-15,18-19H2,1-2H3/b27-17-. The first kappa shape index (κ1) is 24.1. The van der Waals surface area contributed by atoms with Gasteiger partial charge in [0.25, 0.3) is 5.91 Å². The summed E-state index contributed by atoms with van der Waals surface area (Å²) in [5.41, 5.74) is 3.42. The molecule has 3 aromatic carbocycles. The minimum absolute atomic E-state index is 0.0534. The monoisotopic (exact) mass is 501 g/mol. The molecule has 0 saturated carbocycles. The number of aryl methyl sites for hydroxylation is 1. The van der Waals surface area contributed by atoms with Crippen molar-refractivity contribution in [2.45, 2.75) is 24.8 Å². The van der Waals surface area contributed by atoms with Crippen LogP contribution in [-0.2, 0) is 9.59 Å². The number of halogens is 1. The van der Waals surface area contributed by atoms with Gasteiger partial charge in [0, 0.05) is 41.8 Å². The number of nitrogens with zero attached hydrogens (tertiary/aromatic N) is 3. The maximum absolute atomic E-state index is 14.3. The summed E-state index contributed by atoms with van der Waals surface area (Å²) in [6.45, 7) is 6.05. The fourth-order valence-corrected chi connectivity index (χ4v) is 5.81. The summed E-state index contributed by atoms with van der Waals surface area (Å²) in [6.07, 6.45) is 1.57. The first-order valence-electron chi connectivity index (χ1n) is 12.1. The Bertz CT molecular complexity index is 1340. The van der Waals surface area contributed by atoms with E-state index in [4.69, 9.17) is 0 Å². The van der Waals surface area contributed by atoms with Crippen LogP contribution in [0.15, 0.2) is 82.6 Å². The van der Waals surface area contributed by atoms with Gasteiger partial charge in [-0.15, -0.1) is 0 Å². The number of benzene rings is 3. The molecule has 1 atom stereocenters. The van der Waals surface area contributed by atoms with Crippen LogP contribution in [0.5, 0.6) is 0 Å². The Labute approximate surface area is 215 Å². The Hall–Kier alpha value is -3.58. The number of anilines is 2. The summed E-state index contributed by atoms with van der Waals surface area (Å²) in [6, 6.07) is 22.4. The molecule has 2 aliphatic rings. The van der Waals surface area contributed by atoms with E-state index in [0.29, 0.717) is 29.2 Å². The Morgan fingerprint density at radius 2 is 1.83 bits per heavy atom. The van der Waals surface area contributed by atoms with E-state index in [0.717, 1.165) is 17.1 Å². The fourth-order valence-electron chi connectivity index (χ4n) is 4.76. The molecule has 2 heterocycles. The van der Waals surface area contributed by atoms with Crippen LogP contribution in [0.25, 0.3) is 6.08 Å². The van der Waals surface area contributed by atoms with Gasteiger partial charge in [-0.25, -0.2) is 4.39 Å². The second-order valence-electron chi connectivity index (χ2n) is 9.21. The third kappa shape index (κ3) is 4.88. The first-order chi connectivity index (χ1) is 17.4. The lowest BCUT2D eigenvalue weighted by molar-refractivity contribution is -0.131. The summed E-state index contributed by atoms with van der Waals surface area (Å²) < 4.78 is 14.3. The van der Waals surface area contributed by atoms with E-state index >= 15 is 0 Å². The van der Waals surface area contributed by atoms with E-state index in [1.54, 1.807) is 24.3 Å². The van der Waals surface area contributed by atoms with Gasteiger partial charge in [-0.1, -0.05) is 54.2 Å². The Morgan fingerprint density at radius 1 is 1.06 bits per heavy atom. The van der Waals surface area contributed by atoms with Crippen molar-refractivity contribution in [1.29, 1.82) is 0 Å². The predicted molar refractivity (Wildman–Crippen MR) is 144 cm³/mol. The lowest BCUT2D eigenvalue weighted by atomic mass is 10.1. The van der Waals surface area contributed by atoms with Crippen molar-refractivity contribution in [3.8, 4) is 0 Å². The van der Waals surface area contributed by atoms with Gasteiger partial charge >= 0.3 is 0 Å². The Balaban J connectivity index is 1.35. The van der Waals surface area contributed by atoms with Gasteiger partial charge < -0.3 is 9.80 Å². The zero-order chi connectivity index (χ0) is 25.2. The molecule has 7 heteroatoms. The van der Waals surface area contributed by atoms with E-state index in [-0.39, 0.29) is 30.2 Å². The molecule has 0 aromatic heterocycles. The van der Waals surface area contributed by atoms with E-state index in [1.165, 1.54) is 28.3 Å². The van der Waals surface area contributed by atoms with Gasteiger partial charge in [0.15, 0.2) is 0 Å². The maximum Gasteiger partial charge on any atom is 0.265 e. The first-order valence-corrected chi connectivity index (χ1v) is 12.9. The van der Waals surface area contributed by atoms with Crippen molar-refractivity contribution >= 4 is 41.0 Å². The van der Waals surface area contributed by atoms with Crippen LogP contribution in [0.3, 0.4) is 0 Å². The smallest absolute Gasteiger partial charge is 0.265 e. The van der Waals surface area contributed by atoms with Crippen molar-refractivity contribution in [2.75, 3.05) is 36.0 Å². The summed E-state index contributed by atoms with van der Waals surface area (Å²) in [4.78, 5) is 33.9. The largest absolute Gasteiger partial charge is 0.365 e. The van der Waals surface area contributed by atoms with E-state index in [2.05, 4.69) is 43.0 Å². The van der Waals surface area contributed by atoms with Gasteiger partial charge in [-0.2, -0.15) is 0 Å². The van der Waals surface area contributed by atoms with Crippen molar-refractivity contribution in [1.82, 2.24) is 4.90 Å². The normalized spacial score (nSPS) is 19.0. The highest BCUT2D eigenvalue weighted by Crippen LogP contribution is 2.42. The average molecular weight is 502 g/mol. The second-order valence-corrected chi connectivity index (χ2v) is 10.3.